The maximum absolute atomic E-state index is 3.50. The molecule has 2 nitrogen and oxygen atoms in total. The van der Waals surface area contributed by atoms with Crippen LogP contribution in [0.2, 0.25) is 0 Å². The second-order valence-electron chi connectivity index (χ2n) is 3.33. The smallest absolute Gasteiger partial charge is 0.0865 e. The molecule has 1 aromatic rings. The van der Waals surface area contributed by atoms with Gasteiger partial charge in [0.05, 0.1) is 10.3 Å². The van der Waals surface area contributed by atoms with E-state index in [-0.39, 0.29) is 0 Å². The van der Waals surface area contributed by atoms with E-state index in [1.54, 1.807) is 0 Å². The van der Waals surface area contributed by atoms with Gasteiger partial charge in [0, 0.05) is 26.3 Å². The minimum Gasteiger partial charge on any atom is -0.370 e. The van der Waals surface area contributed by atoms with Crippen LogP contribution in [-0.4, -0.2) is 17.7 Å². The van der Waals surface area contributed by atoms with Gasteiger partial charge in [-0.3, -0.25) is 0 Å². The first-order chi connectivity index (χ1) is 5.77. The van der Waals surface area contributed by atoms with Crippen LogP contribution in [0.25, 0.3) is 0 Å². The average molecular weight is 229 g/mol. The van der Waals surface area contributed by atoms with Crippen LogP contribution in [0.1, 0.15) is 12.8 Å². The summed E-state index contributed by atoms with van der Waals surface area (Å²) in [6, 6.07) is 2.19. The Morgan fingerprint density at radius 1 is 1.33 bits per heavy atom. The molecule has 0 unspecified atom stereocenters. The molecule has 0 radical (unpaired) electrons. The fourth-order valence-electron chi connectivity index (χ4n) is 1.67. The maximum atomic E-state index is 3.50. The first kappa shape index (κ1) is 8.17. The molecule has 1 aliphatic heterocycles. The highest BCUT2D eigenvalue weighted by molar-refractivity contribution is 9.10. The number of halogens is 1. The van der Waals surface area contributed by atoms with Gasteiger partial charge in [0.1, 0.15) is 0 Å². The molecule has 66 valence electrons. The molecule has 0 saturated carbocycles. The molecule has 1 aliphatic rings. The van der Waals surface area contributed by atoms with Crippen molar-refractivity contribution in [3.63, 3.8) is 0 Å². The fourth-order valence-corrected chi connectivity index (χ4v) is 2.01. The van der Waals surface area contributed by atoms with Crippen LogP contribution in [-0.2, 0) is 7.05 Å². The largest absolute Gasteiger partial charge is 0.370 e. The Bertz CT molecular complexity index is 255. The Hall–Kier alpha value is -0.440. The Kier molecular flexibility index (Phi) is 2.13. The van der Waals surface area contributed by atoms with Crippen molar-refractivity contribution >= 4 is 21.6 Å². The Morgan fingerprint density at radius 3 is 2.50 bits per heavy atom. The van der Waals surface area contributed by atoms with Gasteiger partial charge in [-0.15, -0.1) is 0 Å². The molecule has 0 aliphatic carbocycles. The first-order valence-electron chi connectivity index (χ1n) is 4.34. The van der Waals surface area contributed by atoms with Crippen LogP contribution in [0.5, 0.6) is 0 Å². The summed E-state index contributed by atoms with van der Waals surface area (Å²) in [5.74, 6) is 0. The van der Waals surface area contributed by atoms with Crippen molar-refractivity contribution in [1.82, 2.24) is 4.57 Å². The van der Waals surface area contributed by atoms with Crippen molar-refractivity contribution in [3.05, 3.63) is 16.9 Å². The summed E-state index contributed by atoms with van der Waals surface area (Å²) in [4.78, 5) is 2.44. The number of hydrogen-bond acceptors (Lipinski definition) is 1. The standard InChI is InChI=1S/C9H13BrN2/c1-11-7-8(6-9(11)10)12-4-2-3-5-12/h6-7H,2-5H2,1H3. The van der Waals surface area contributed by atoms with Crippen LogP contribution in [0.15, 0.2) is 16.9 Å². The summed E-state index contributed by atoms with van der Waals surface area (Å²) in [6.45, 7) is 2.44. The topological polar surface area (TPSA) is 8.17 Å². The molecule has 0 atom stereocenters. The molecule has 1 saturated heterocycles. The number of aromatic nitrogens is 1. The zero-order valence-electron chi connectivity index (χ0n) is 7.26. The van der Waals surface area contributed by atoms with E-state index < -0.39 is 0 Å². The lowest BCUT2D eigenvalue weighted by Crippen LogP contribution is -2.16. The summed E-state index contributed by atoms with van der Waals surface area (Å²) in [7, 11) is 2.06. The summed E-state index contributed by atoms with van der Waals surface area (Å²) in [5, 5.41) is 0. The van der Waals surface area contributed by atoms with Gasteiger partial charge in [-0.2, -0.15) is 0 Å². The average Bonchev–Trinajstić information content (AvgIpc) is 2.61. The highest BCUT2D eigenvalue weighted by Gasteiger charge is 2.13. The molecular formula is C9H13BrN2. The Labute approximate surface area is 81.3 Å². The molecule has 0 N–H and O–H groups in total. The molecular weight excluding hydrogens is 216 g/mol. The number of hydrogen-bond donors (Lipinski definition) is 0. The monoisotopic (exact) mass is 228 g/mol. The second-order valence-corrected chi connectivity index (χ2v) is 4.14. The SMILES string of the molecule is Cn1cc(N2CCCC2)cc1Br. The van der Waals surface area contributed by atoms with E-state index in [2.05, 4.69) is 44.7 Å². The number of aryl methyl sites for hydroxylation is 1. The molecule has 1 aromatic heterocycles. The summed E-state index contributed by atoms with van der Waals surface area (Å²) >= 11 is 3.50. The van der Waals surface area contributed by atoms with Gasteiger partial charge < -0.3 is 9.47 Å². The minimum atomic E-state index is 1.16. The van der Waals surface area contributed by atoms with Gasteiger partial charge in [-0.1, -0.05) is 0 Å². The van der Waals surface area contributed by atoms with Crippen molar-refractivity contribution in [2.24, 2.45) is 7.05 Å². The molecule has 0 bridgehead atoms. The normalized spacial score (nSPS) is 17.3. The quantitative estimate of drug-likeness (QED) is 0.717. The van der Waals surface area contributed by atoms with Crippen LogP contribution in [0.4, 0.5) is 5.69 Å². The molecule has 3 heteroatoms. The van der Waals surface area contributed by atoms with E-state index in [4.69, 9.17) is 0 Å². The Morgan fingerprint density at radius 2 is 2.00 bits per heavy atom. The van der Waals surface area contributed by atoms with Gasteiger partial charge in [0.25, 0.3) is 0 Å². The van der Waals surface area contributed by atoms with E-state index in [0.29, 0.717) is 0 Å². The zero-order chi connectivity index (χ0) is 8.55. The summed E-state index contributed by atoms with van der Waals surface area (Å²) in [5.41, 5.74) is 1.35. The highest BCUT2D eigenvalue weighted by atomic mass is 79.9. The fraction of sp³-hybridized carbons (Fsp3) is 0.556. The van der Waals surface area contributed by atoms with Gasteiger partial charge >= 0.3 is 0 Å². The molecule has 0 aromatic carbocycles. The molecule has 2 heterocycles. The predicted molar refractivity (Wildman–Crippen MR) is 54.6 cm³/mol. The van der Waals surface area contributed by atoms with Crippen molar-refractivity contribution in [3.8, 4) is 0 Å². The lowest BCUT2D eigenvalue weighted by Gasteiger charge is -2.14. The van der Waals surface area contributed by atoms with Crippen molar-refractivity contribution < 1.29 is 0 Å². The Balaban J connectivity index is 2.21. The maximum Gasteiger partial charge on any atom is 0.0865 e. The van der Waals surface area contributed by atoms with Crippen LogP contribution < -0.4 is 4.90 Å². The van der Waals surface area contributed by atoms with Crippen LogP contribution >= 0.6 is 15.9 Å². The third-order valence-electron chi connectivity index (χ3n) is 2.40. The van der Waals surface area contributed by atoms with Gasteiger partial charge in [-0.25, -0.2) is 0 Å². The lowest BCUT2D eigenvalue weighted by molar-refractivity contribution is 0.893. The van der Waals surface area contributed by atoms with Gasteiger partial charge in [0.2, 0.25) is 0 Å². The molecule has 1 fully saturated rings. The lowest BCUT2D eigenvalue weighted by atomic mass is 10.4. The van der Waals surface area contributed by atoms with E-state index in [9.17, 15) is 0 Å². The summed E-state index contributed by atoms with van der Waals surface area (Å²) in [6.07, 6.45) is 4.86. The number of anilines is 1. The molecule has 0 spiro atoms. The number of rotatable bonds is 1. The van der Waals surface area contributed by atoms with E-state index >= 15 is 0 Å². The number of nitrogens with zero attached hydrogens (tertiary/aromatic N) is 2. The van der Waals surface area contributed by atoms with E-state index in [1.165, 1.54) is 31.6 Å². The van der Waals surface area contributed by atoms with E-state index in [1.807, 2.05) is 0 Å². The second kappa shape index (κ2) is 3.13. The van der Waals surface area contributed by atoms with Crippen molar-refractivity contribution in [1.29, 1.82) is 0 Å². The molecule has 2 rings (SSSR count). The highest BCUT2D eigenvalue weighted by Crippen LogP contribution is 2.24. The third kappa shape index (κ3) is 1.38. The first-order valence-corrected chi connectivity index (χ1v) is 5.13. The van der Waals surface area contributed by atoms with Crippen LogP contribution in [0, 0.1) is 0 Å². The predicted octanol–water partition coefficient (Wildman–Crippen LogP) is 2.39. The van der Waals surface area contributed by atoms with Gasteiger partial charge in [-0.05, 0) is 34.8 Å². The van der Waals surface area contributed by atoms with E-state index in [0.717, 1.165) is 4.60 Å². The zero-order valence-corrected chi connectivity index (χ0v) is 8.84. The van der Waals surface area contributed by atoms with Gasteiger partial charge in [0.15, 0.2) is 0 Å². The molecule has 0 amide bonds. The minimum absolute atomic E-state index is 1.16. The van der Waals surface area contributed by atoms with Crippen molar-refractivity contribution in [2.45, 2.75) is 12.8 Å². The molecule has 12 heavy (non-hydrogen) atoms. The third-order valence-corrected chi connectivity index (χ3v) is 3.19. The van der Waals surface area contributed by atoms with Crippen molar-refractivity contribution in [2.75, 3.05) is 18.0 Å². The summed E-state index contributed by atoms with van der Waals surface area (Å²) < 4.78 is 3.26. The van der Waals surface area contributed by atoms with Crippen LogP contribution in [0.3, 0.4) is 0 Å².